The van der Waals surface area contributed by atoms with Gasteiger partial charge in [-0.15, -0.1) is 5.54 Å². The van der Waals surface area contributed by atoms with Crippen LogP contribution in [0.15, 0.2) is 17.0 Å². The second kappa shape index (κ2) is 7.81. The van der Waals surface area contributed by atoms with Crippen molar-refractivity contribution >= 4 is 18.1 Å². The Morgan fingerprint density at radius 2 is 1.67 bits per heavy atom. The van der Waals surface area contributed by atoms with Crippen molar-refractivity contribution in [2.24, 2.45) is 0 Å². The molecule has 0 saturated heterocycles. The molecule has 1 aromatic rings. The van der Waals surface area contributed by atoms with Crippen LogP contribution < -0.4 is 4.72 Å². The number of rotatable bonds is 5. The summed E-state index contributed by atoms with van der Waals surface area (Å²) >= 11 is 0. The normalized spacial score (nSPS) is 14.7. The zero-order chi connectivity index (χ0) is 18.7. The smallest absolute Gasteiger partial charge is 0.241 e. The van der Waals surface area contributed by atoms with Crippen molar-refractivity contribution < 1.29 is 18.6 Å². The molecule has 0 aromatic heterocycles. The zero-order valence-corrected chi connectivity index (χ0v) is 17.0. The Bertz CT molecular complexity index is 734. The van der Waals surface area contributed by atoms with Crippen LogP contribution in [0.1, 0.15) is 16.7 Å². The molecule has 1 rings (SSSR count). The number of benzene rings is 1. The molecule has 5 nitrogen and oxygen atoms in total. The average Bonchev–Trinajstić information content (AvgIpc) is 2.39. The zero-order valence-electron chi connectivity index (χ0n) is 15.1. The monoisotopic (exact) mass is 369 g/mol. The van der Waals surface area contributed by atoms with Crippen molar-refractivity contribution in [2.45, 2.75) is 57.5 Å². The van der Waals surface area contributed by atoms with Crippen LogP contribution in [0.25, 0.3) is 0 Å². The van der Waals surface area contributed by atoms with E-state index < -0.39 is 36.8 Å². The second-order valence-corrected chi connectivity index (χ2v) is 13.5. The van der Waals surface area contributed by atoms with Gasteiger partial charge < -0.3 is 10.2 Å². The minimum absolute atomic E-state index is 0.178. The molecule has 0 heterocycles. The maximum absolute atomic E-state index is 12.7. The van der Waals surface area contributed by atoms with E-state index in [9.17, 15) is 18.6 Å². The number of nitrogens with one attached hydrogen (secondary N) is 1. The van der Waals surface area contributed by atoms with Crippen molar-refractivity contribution in [2.75, 3.05) is 6.61 Å². The predicted molar refractivity (Wildman–Crippen MR) is 99.0 cm³/mol. The third-order valence-corrected chi connectivity index (χ3v) is 6.04. The van der Waals surface area contributed by atoms with Gasteiger partial charge in [0.25, 0.3) is 0 Å². The standard InChI is InChI=1S/C17H27NO4SSi/c1-12-9-13(2)17(14(3)10-12)23(21,22)18-15(11-19)16(20)7-8-24(4,5)6/h9-10,15-16,18-20H,11H2,1-6H3/t15-,16-/m0/s1. The van der Waals surface area contributed by atoms with Gasteiger partial charge >= 0.3 is 0 Å². The van der Waals surface area contributed by atoms with Gasteiger partial charge in [0.05, 0.1) is 17.5 Å². The van der Waals surface area contributed by atoms with E-state index in [2.05, 4.69) is 16.2 Å². The fraction of sp³-hybridized carbons (Fsp3) is 0.529. The highest BCUT2D eigenvalue weighted by molar-refractivity contribution is 7.89. The molecule has 1 aromatic carbocycles. The largest absolute Gasteiger partial charge is 0.395 e. The van der Waals surface area contributed by atoms with Crippen LogP contribution in [0, 0.1) is 32.2 Å². The molecule has 24 heavy (non-hydrogen) atoms. The van der Waals surface area contributed by atoms with Crippen molar-refractivity contribution in [1.29, 1.82) is 0 Å². The summed E-state index contributed by atoms with van der Waals surface area (Å²) < 4.78 is 27.8. The molecule has 0 fully saturated rings. The lowest BCUT2D eigenvalue weighted by molar-refractivity contribution is 0.142. The number of aryl methyl sites for hydroxylation is 3. The van der Waals surface area contributed by atoms with Crippen molar-refractivity contribution in [3.63, 3.8) is 0 Å². The number of hydrogen-bond donors (Lipinski definition) is 3. The lowest BCUT2D eigenvalue weighted by atomic mass is 10.1. The van der Waals surface area contributed by atoms with Crippen LogP contribution in [0.4, 0.5) is 0 Å². The van der Waals surface area contributed by atoms with Crippen LogP contribution >= 0.6 is 0 Å². The summed E-state index contributed by atoms with van der Waals surface area (Å²) in [6, 6.07) is 2.51. The van der Waals surface area contributed by atoms with Gasteiger partial charge in [0, 0.05) is 0 Å². The lowest BCUT2D eigenvalue weighted by Crippen LogP contribution is -2.45. The summed E-state index contributed by atoms with van der Waals surface area (Å²) in [5, 5.41) is 19.6. The predicted octanol–water partition coefficient (Wildman–Crippen LogP) is 1.49. The molecule has 0 aliphatic heterocycles. The molecule has 0 bridgehead atoms. The van der Waals surface area contributed by atoms with Gasteiger partial charge in [0.2, 0.25) is 10.0 Å². The van der Waals surface area contributed by atoms with Gasteiger partial charge in [-0.1, -0.05) is 43.3 Å². The highest BCUT2D eigenvalue weighted by Crippen LogP contribution is 2.22. The molecule has 0 spiro atoms. The van der Waals surface area contributed by atoms with Gasteiger partial charge in [0.15, 0.2) is 0 Å². The molecule has 2 atom stereocenters. The second-order valence-electron chi connectivity index (χ2n) is 7.10. The summed E-state index contributed by atoms with van der Waals surface area (Å²) in [6.07, 6.45) is -1.26. The first kappa shape index (κ1) is 20.9. The highest BCUT2D eigenvalue weighted by atomic mass is 32.2. The van der Waals surface area contributed by atoms with E-state index in [-0.39, 0.29) is 4.90 Å². The van der Waals surface area contributed by atoms with E-state index >= 15 is 0 Å². The van der Waals surface area contributed by atoms with Crippen LogP contribution in [-0.4, -0.2) is 45.5 Å². The molecule has 134 valence electrons. The molecular weight excluding hydrogens is 342 g/mol. The van der Waals surface area contributed by atoms with E-state index in [1.807, 2.05) is 26.6 Å². The summed E-state index contributed by atoms with van der Waals surface area (Å²) in [6.45, 7) is 10.9. The van der Waals surface area contributed by atoms with E-state index in [1.54, 1.807) is 26.0 Å². The maximum Gasteiger partial charge on any atom is 0.241 e. The van der Waals surface area contributed by atoms with E-state index in [4.69, 9.17) is 0 Å². The number of hydrogen-bond acceptors (Lipinski definition) is 4. The molecule has 0 amide bonds. The molecular formula is C17H27NO4SSi. The van der Waals surface area contributed by atoms with E-state index in [0.29, 0.717) is 11.1 Å². The Kier molecular flexibility index (Phi) is 6.79. The molecule has 0 aliphatic rings. The van der Waals surface area contributed by atoms with E-state index in [0.717, 1.165) is 5.56 Å². The minimum atomic E-state index is -3.87. The van der Waals surface area contributed by atoms with Gasteiger partial charge in [0.1, 0.15) is 14.2 Å². The van der Waals surface area contributed by atoms with Crippen molar-refractivity contribution in [3.05, 3.63) is 28.8 Å². The van der Waals surface area contributed by atoms with Crippen LogP contribution in [0.2, 0.25) is 19.6 Å². The van der Waals surface area contributed by atoms with Gasteiger partial charge in [-0.05, 0) is 31.9 Å². The van der Waals surface area contributed by atoms with Crippen molar-refractivity contribution in [1.82, 2.24) is 4.72 Å². The number of sulfonamides is 1. The first-order chi connectivity index (χ1) is 10.9. The summed E-state index contributed by atoms with van der Waals surface area (Å²) in [7, 11) is -5.58. The fourth-order valence-electron chi connectivity index (χ4n) is 2.44. The first-order valence-corrected chi connectivity index (χ1v) is 12.8. The first-order valence-electron chi connectivity index (χ1n) is 7.79. The summed E-state index contributed by atoms with van der Waals surface area (Å²) in [5.74, 6) is 2.67. The van der Waals surface area contributed by atoms with Gasteiger partial charge in [-0.2, -0.15) is 0 Å². The van der Waals surface area contributed by atoms with Crippen molar-refractivity contribution in [3.8, 4) is 11.5 Å². The summed E-state index contributed by atoms with van der Waals surface area (Å²) in [5.41, 5.74) is 5.21. The average molecular weight is 370 g/mol. The summed E-state index contributed by atoms with van der Waals surface area (Å²) in [4.78, 5) is 0.178. The SMILES string of the molecule is Cc1cc(C)c(S(=O)(=O)N[C@@H](CO)[C@@H](O)C#C[Si](C)(C)C)c(C)c1. The number of aliphatic hydroxyl groups excluding tert-OH is 2. The number of aliphatic hydroxyl groups is 2. The fourth-order valence-corrected chi connectivity index (χ4v) is 4.71. The Balaban J connectivity index is 3.14. The third kappa shape index (κ3) is 5.72. The molecule has 3 N–H and O–H groups in total. The quantitative estimate of drug-likeness (QED) is 0.542. The Labute approximate surface area is 146 Å². The molecule has 0 unspecified atom stereocenters. The van der Waals surface area contributed by atoms with E-state index in [1.165, 1.54) is 0 Å². The Morgan fingerprint density at radius 3 is 2.08 bits per heavy atom. The Morgan fingerprint density at radius 1 is 1.17 bits per heavy atom. The molecule has 0 saturated carbocycles. The Hall–Kier alpha value is -1.17. The highest BCUT2D eigenvalue weighted by Gasteiger charge is 2.27. The molecule has 0 aliphatic carbocycles. The third-order valence-electron chi connectivity index (χ3n) is 3.35. The topological polar surface area (TPSA) is 86.6 Å². The minimum Gasteiger partial charge on any atom is -0.395 e. The van der Waals surface area contributed by atoms with Crippen LogP contribution in [0.3, 0.4) is 0 Å². The van der Waals surface area contributed by atoms with Gasteiger partial charge in [-0.3, -0.25) is 0 Å². The van der Waals surface area contributed by atoms with Gasteiger partial charge in [-0.25, -0.2) is 13.1 Å². The maximum atomic E-state index is 12.7. The molecule has 7 heteroatoms. The lowest BCUT2D eigenvalue weighted by Gasteiger charge is -2.21. The van der Waals surface area contributed by atoms with Crippen LogP contribution in [0.5, 0.6) is 0 Å². The molecule has 0 radical (unpaired) electrons. The van der Waals surface area contributed by atoms with Crippen LogP contribution in [-0.2, 0) is 10.0 Å².